The van der Waals surface area contributed by atoms with Gasteiger partial charge in [-0.05, 0) is 29.5 Å². The third kappa shape index (κ3) is 2.89. The quantitative estimate of drug-likeness (QED) is 0.675. The first-order valence-electron chi connectivity index (χ1n) is 3.68. The summed E-state index contributed by atoms with van der Waals surface area (Å²) in [5.41, 5.74) is 5.61. The van der Waals surface area contributed by atoms with Gasteiger partial charge in [-0.25, -0.2) is 9.78 Å². The van der Waals surface area contributed by atoms with Gasteiger partial charge in [-0.15, -0.1) is 11.3 Å². The molecule has 0 bridgehead atoms. The van der Waals surface area contributed by atoms with E-state index in [9.17, 15) is 4.79 Å². The van der Waals surface area contributed by atoms with Crippen molar-refractivity contribution in [3.05, 3.63) is 14.1 Å². The highest BCUT2D eigenvalue weighted by Crippen LogP contribution is 2.20. The van der Waals surface area contributed by atoms with Crippen LogP contribution in [0.1, 0.15) is 18.0 Å². The molecule has 0 aliphatic heterocycles. The summed E-state index contributed by atoms with van der Waals surface area (Å²) in [7, 11) is 0. The van der Waals surface area contributed by atoms with Gasteiger partial charge >= 0.3 is 5.97 Å². The number of halogens is 1. The molecule has 0 saturated carbocycles. The Morgan fingerprint density at radius 3 is 3.08 bits per heavy atom. The van der Waals surface area contributed by atoms with Gasteiger partial charge in [-0.3, -0.25) is 0 Å². The van der Waals surface area contributed by atoms with Crippen molar-refractivity contribution in [2.24, 2.45) is 5.73 Å². The molecule has 1 heterocycles. The van der Waals surface area contributed by atoms with Gasteiger partial charge in [0.1, 0.15) is 5.01 Å². The Kier molecular flexibility index (Phi) is 4.07. The van der Waals surface area contributed by atoms with E-state index in [-0.39, 0.29) is 0 Å². The molecule has 1 rings (SSSR count). The number of carbonyl (C=O) groups is 1. The number of aromatic nitrogens is 1. The van der Waals surface area contributed by atoms with Gasteiger partial charge in [0.05, 0.1) is 15.7 Å². The zero-order valence-corrected chi connectivity index (χ0v) is 9.96. The molecule has 0 amide bonds. The molecule has 1 aromatic rings. The van der Waals surface area contributed by atoms with E-state index >= 15 is 0 Å². The number of hydrogen-bond acceptors (Lipinski definition) is 5. The minimum atomic E-state index is -0.742. The zero-order chi connectivity index (χ0) is 9.84. The second-order valence-electron chi connectivity index (χ2n) is 2.23. The lowest BCUT2D eigenvalue weighted by molar-refractivity contribution is -0.144. The van der Waals surface area contributed by atoms with E-state index in [2.05, 4.69) is 27.6 Å². The summed E-state index contributed by atoms with van der Waals surface area (Å²) >= 11 is 3.53. The maximum absolute atomic E-state index is 11.2. The Balaban J connectivity index is 2.67. The monoisotopic (exact) mass is 312 g/mol. The number of rotatable bonds is 3. The number of carbonyl (C=O) groups excluding carboxylic acids is 1. The van der Waals surface area contributed by atoms with E-state index in [0.29, 0.717) is 11.6 Å². The van der Waals surface area contributed by atoms with Gasteiger partial charge in [-0.2, -0.15) is 0 Å². The lowest BCUT2D eigenvalue weighted by Gasteiger charge is -2.06. The van der Waals surface area contributed by atoms with Crippen molar-refractivity contribution in [3.63, 3.8) is 0 Å². The molecule has 0 radical (unpaired) electrons. The van der Waals surface area contributed by atoms with Crippen molar-refractivity contribution in [1.29, 1.82) is 0 Å². The van der Waals surface area contributed by atoms with Gasteiger partial charge in [-0.1, -0.05) is 0 Å². The first kappa shape index (κ1) is 10.9. The molecule has 1 unspecified atom stereocenters. The third-order valence-electron chi connectivity index (χ3n) is 1.30. The van der Waals surface area contributed by atoms with Crippen LogP contribution in [0.5, 0.6) is 0 Å². The van der Waals surface area contributed by atoms with Crippen LogP contribution in [0.4, 0.5) is 0 Å². The summed E-state index contributed by atoms with van der Waals surface area (Å²) in [6.07, 6.45) is 1.68. The van der Waals surface area contributed by atoms with Crippen LogP contribution < -0.4 is 5.73 Å². The van der Waals surface area contributed by atoms with E-state index in [1.54, 1.807) is 13.1 Å². The number of hydrogen-bond donors (Lipinski definition) is 1. The highest BCUT2D eigenvalue weighted by atomic mass is 127. The summed E-state index contributed by atoms with van der Waals surface area (Å²) < 4.78 is 5.77. The highest BCUT2D eigenvalue weighted by Gasteiger charge is 2.19. The van der Waals surface area contributed by atoms with Crippen molar-refractivity contribution in [1.82, 2.24) is 4.98 Å². The van der Waals surface area contributed by atoms with Gasteiger partial charge in [0.15, 0.2) is 6.04 Å². The Bertz CT molecular complexity index is 302. The molecule has 13 heavy (non-hydrogen) atoms. The largest absolute Gasteiger partial charge is 0.465 e. The second kappa shape index (κ2) is 4.87. The Hall–Kier alpha value is -0.210. The molecule has 0 saturated heterocycles. The Morgan fingerprint density at radius 1 is 1.92 bits per heavy atom. The fraction of sp³-hybridized carbons (Fsp3) is 0.429. The van der Waals surface area contributed by atoms with E-state index in [1.165, 1.54) is 11.3 Å². The van der Waals surface area contributed by atoms with Crippen LogP contribution in [0.2, 0.25) is 0 Å². The fourth-order valence-electron chi connectivity index (χ4n) is 0.744. The molecule has 0 fully saturated rings. The summed E-state index contributed by atoms with van der Waals surface area (Å²) in [5.74, 6) is -0.423. The summed E-state index contributed by atoms with van der Waals surface area (Å²) in [4.78, 5) is 15.2. The smallest absolute Gasteiger partial charge is 0.330 e. The number of esters is 1. The molecule has 1 aromatic heterocycles. The SMILES string of the molecule is CCOC(=O)C(N)c1ncc(I)s1. The lowest BCUT2D eigenvalue weighted by Crippen LogP contribution is -2.23. The number of thiazole rings is 1. The van der Waals surface area contributed by atoms with Crippen molar-refractivity contribution < 1.29 is 9.53 Å². The molecule has 72 valence electrons. The van der Waals surface area contributed by atoms with Crippen molar-refractivity contribution in [2.45, 2.75) is 13.0 Å². The van der Waals surface area contributed by atoms with Gasteiger partial charge < -0.3 is 10.5 Å². The molecule has 0 aliphatic carbocycles. The topological polar surface area (TPSA) is 65.2 Å². The number of ether oxygens (including phenoxy) is 1. The average molecular weight is 312 g/mol. The maximum atomic E-state index is 11.2. The third-order valence-corrected chi connectivity index (χ3v) is 3.11. The Morgan fingerprint density at radius 2 is 2.62 bits per heavy atom. The predicted octanol–water partition coefficient (Wildman–Crippen LogP) is 1.31. The van der Waals surface area contributed by atoms with E-state index in [4.69, 9.17) is 10.5 Å². The second-order valence-corrected chi connectivity index (χ2v) is 5.19. The molecule has 0 aliphatic rings. The molecule has 4 nitrogen and oxygen atoms in total. The van der Waals surface area contributed by atoms with E-state index in [1.807, 2.05) is 0 Å². The van der Waals surface area contributed by atoms with E-state index < -0.39 is 12.0 Å². The van der Waals surface area contributed by atoms with Crippen LogP contribution in [-0.4, -0.2) is 17.6 Å². The van der Waals surface area contributed by atoms with Gasteiger partial charge in [0.2, 0.25) is 0 Å². The Labute approximate surface area is 93.6 Å². The van der Waals surface area contributed by atoms with Crippen molar-refractivity contribution in [2.75, 3.05) is 6.61 Å². The van der Waals surface area contributed by atoms with Crippen LogP contribution in [0.15, 0.2) is 6.20 Å². The average Bonchev–Trinajstić information content (AvgIpc) is 2.51. The summed E-state index contributed by atoms with van der Waals surface area (Å²) in [6, 6.07) is -0.742. The molecule has 0 spiro atoms. The maximum Gasteiger partial charge on any atom is 0.330 e. The molecule has 1 atom stereocenters. The van der Waals surface area contributed by atoms with Crippen LogP contribution >= 0.6 is 33.9 Å². The van der Waals surface area contributed by atoms with Crippen molar-refractivity contribution >= 4 is 39.9 Å². The normalized spacial score (nSPS) is 12.5. The molecule has 2 N–H and O–H groups in total. The number of nitrogens with zero attached hydrogens (tertiary/aromatic N) is 1. The highest BCUT2D eigenvalue weighted by molar-refractivity contribution is 14.1. The van der Waals surface area contributed by atoms with Crippen LogP contribution in [0.3, 0.4) is 0 Å². The zero-order valence-electron chi connectivity index (χ0n) is 6.99. The van der Waals surface area contributed by atoms with Crippen LogP contribution in [0.25, 0.3) is 0 Å². The molecule has 6 heteroatoms. The molecular weight excluding hydrogens is 303 g/mol. The van der Waals surface area contributed by atoms with Crippen LogP contribution in [0, 0.1) is 2.88 Å². The first-order chi connectivity index (χ1) is 6.15. The van der Waals surface area contributed by atoms with Crippen molar-refractivity contribution in [3.8, 4) is 0 Å². The van der Waals surface area contributed by atoms with Crippen LogP contribution in [-0.2, 0) is 9.53 Å². The summed E-state index contributed by atoms with van der Waals surface area (Å²) in [5, 5.41) is 0.600. The summed E-state index contributed by atoms with van der Waals surface area (Å²) in [6.45, 7) is 2.09. The fourth-order valence-corrected chi connectivity index (χ4v) is 2.19. The first-order valence-corrected chi connectivity index (χ1v) is 5.58. The van der Waals surface area contributed by atoms with Gasteiger partial charge in [0, 0.05) is 0 Å². The minimum absolute atomic E-state index is 0.342. The standard InChI is InChI=1S/C7H9IN2O2S/c1-2-12-7(11)5(9)6-10-3-4(8)13-6/h3,5H,2,9H2,1H3. The van der Waals surface area contributed by atoms with E-state index in [0.717, 1.165) is 2.88 Å². The number of nitrogens with two attached hydrogens (primary N) is 1. The predicted molar refractivity (Wildman–Crippen MR) is 58.4 cm³/mol. The lowest BCUT2D eigenvalue weighted by atomic mass is 10.3. The molecule has 0 aromatic carbocycles. The molecular formula is C7H9IN2O2S. The van der Waals surface area contributed by atoms with Gasteiger partial charge in [0.25, 0.3) is 0 Å². The minimum Gasteiger partial charge on any atom is -0.465 e.